The molecule has 1 heterocycles. The summed E-state index contributed by atoms with van der Waals surface area (Å²) < 4.78 is 5.27. The summed E-state index contributed by atoms with van der Waals surface area (Å²) in [4.78, 5) is 2.14. The lowest BCUT2D eigenvalue weighted by Gasteiger charge is -2.29. The molecular formula is C12H15N3O2. The van der Waals surface area contributed by atoms with E-state index in [1.54, 1.807) is 12.1 Å². The lowest BCUT2D eigenvalue weighted by atomic mass is 10.1. The summed E-state index contributed by atoms with van der Waals surface area (Å²) >= 11 is 0. The van der Waals surface area contributed by atoms with E-state index in [1.165, 1.54) is 0 Å². The summed E-state index contributed by atoms with van der Waals surface area (Å²) in [5, 5.41) is 18.1. The van der Waals surface area contributed by atoms with Crippen LogP contribution < -0.4 is 5.73 Å². The van der Waals surface area contributed by atoms with Gasteiger partial charge in [0, 0.05) is 19.6 Å². The Labute approximate surface area is 100 Å². The van der Waals surface area contributed by atoms with Crippen molar-refractivity contribution < 1.29 is 9.84 Å². The van der Waals surface area contributed by atoms with Crippen molar-refractivity contribution in [1.82, 2.24) is 4.90 Å². The molecule has 1 aliphatic rings. The number of phenols is 1. The van der Waals surface area contributed by atoms with Crippen LogP contribution in [0.15, 0.2) is 18.2 Å². The molecule has 5 heteroatoms. The van der Waals surface area contributed by atoms with Gasteiger partial charge in [-0.25, -0.2) is 0 Å². The maximum Gasteiger partial charge on any atom is 0.156 e. The lowest BCUT2D eigenvalue weighted by molar-refractivity contribution is -0.00268. The number of nitrogens with two attached hydrogens (primary N) is 1. The average Bonchev–Trinajstić information content (AvgIpc) is 2.34. The van der Waals surface area contributed by atoms with Crippen LogP contribution >= 0.6 is 0 Å². The van der Waals surface area contributed by atoms with E-state index in [2.05, 4.69) is 11.0 Å². The first-order valence-electron chi connectivity index (χ1n) is 5.50. The second-order valence-corrected chi connectivity index (χ2v) is 4.12. The minimum atomic E-state index is -0.349. The number of hydrogen-bond acceptors (Lipinski definition) is 5. The zero-order valence-corrected chi connectivity index (χ0v) is 9.47. The molecule has 90 valence electrons. The largest absolute Gasteiger partial charge is 0.506 e. The number of nitriles is 1. The van der Waals surface area contributed by atoms with Gasteiger partial charge < -0.3 is 15.6 Å². The van der Waals surface area contributed by atoms with Gasteiger partial charge in [-0.3, -0.25) is 4.90 Å². The Bertz CT molecular complexity index is 442. The van der Waals surface area contributed by atoms with E-state index in [4.69, 9.17) is 15.7 Å². The number of aromatic hydroxyl groups is 1. The van der Waals surface area contributed by atoms with Gasteiger partial charge in [0.25, 0.3) is 0 Å². The maximum atomic E-state index is 9.33. The molecule has 3 N–H and O–H groups in total. The van der Waals surface area contributed by atoms with Gasteiger partial charge in [0.1, 0.15) is 5.75 Å². The van der Waals surface area contributed by atoms with Gasteiger partial charge in [0.2, 0.25) is 0 Å². The summed E-state index contributed by atoms with van der Waals surface area (Å²) in [5.41, 5.74) is 7.04. The molecule has 1 saturated heterocycles. The van der Waals surface area contributed by atoms with Crippen LogP contribution in [0.2, 0.25) is 0 Å². The molecule has 1 atom stereocenters. The van der Waals surface area contributed by atoms with Gasteiger partial charge >= 0.3 is 0 Å². The van der Waals surface area contributed by atoms with E-state index in [0.29, 0.717) is 25.4 Å². The second kappa shape index (κ2) is 5.04. The number of phenolic OH excluding ortho intramolecular Hbond substituents is 1. The number of hydrogen-bond donors (Lipinski definition) is 2. The van der Waals surface area contributed by atoms with Crippen molar-refractivity contribution in [3.63, 3.8) is 0 Å². The van der Waals surface area contributed by atoms with Crippen LogP contribution in [0.3, 0.4) is 0 Å². The molecule has 5 nitrogen and oxygen atoms in total. The molecule has 0 bridgehead atoms. The van der Waals surface area contributed by atoms with E-state index in [1.807, 2.05) is 6.07 Å². The first-order chi connectivity index (χ1) is 8.19. The van der Waals surface area contributed by atoms with Gasteiger partial charge in [-0.2, -0.15) is 5.26 Å². The van der Waals surface area contributed by atoms with Crippen LogP contribution in [0.25, 0.3) is 0 Å². The van der Waals surface area contributed by atoms with Gasteiger partial charge in [0.15, 0.2) is 6.10 Å². The molecule has 0 radical (unpaired) electrons. The predicted octanol–water partition coefficient (Wildman–Crippen LogP) is 0.699. The number of ether oxygens (including phenoxy) is 1. The third-order valence-electron chi connectivity index (χ3n) is 2.79. The molecule has 0 amide bonds. The topological polar surface area (TPSA) is 82.5 Å². The first kappa shape index (κ1) is 11.7. The first-order valence-corrected chi connectivity index (χ1v) is 5.50. The molecular weight excluding hydrogens is 218 g/mol. The monoisotopic (exact) mass is 233 g/mol. The number of rotatable bonds is 2. The zero-order chi connectivity index (χ0) is 12.3. The van der Waals surface area contributed by atoms with Crippen LogP contribution in [0, 0.1) is 11.3 Å². The SMILES string of the molecule is N#CC1CN(Cc2ccc(O)c(N)c2)CCO1. The Kier molecular flexibility index (Phi) is 3.47. The molecule has 17 heavy (non-hydrogen) atoms. The fraction of sp³-hybridized carbons (Fsp3) is 0.417. The summed E-state index contributed by atoms with van der Waals surface area (Å²) in [7, 11) is 0. The number of nitrogen functional groups attached to an aromatic ring is 1. The van der Waals surface area contributed by atoms with Crippen molar-refractivity contribution in [2.45, 2.75) is 12.6 Å². The number of anilines is 1. The Morgan fingerprint density at radius 1 is 1.59 bits per heavy atom. The fourth-order valence-electron chi connectivity index (χ4n) is 1.88. The third kappa shape index (κ3) is 2.87. The molecule has 1 aromatic rings. The normalized spacial score (nSPS) is 21.0. The van der Waals surface area contributed by atoms with E-state index < -0.39 is 0 Å². The number of morpholine rings is 1. The lowest BCUT2D eigenvalue weighted by Crippen LogP contribution is -2.41. The van der Waals surface area contributed by atoms with Crippen LogP contribution in [0.1, 0.15) is 5.56 Å². The summed E-state index contributed by atoms with van der Waals surface area (Å²) in [6.07, 6.45) is -0.349. The Hall–Kier alpha value is -1.77. The molecule has 1 unspecified atom stereocenters. The van der Waals surface area contributed by atoms with E-state index in [0.717, 1.165) is 12.1 Å². The highest BCUT2D eigenvalue weighted by molar-refractivity contribution is 5.53. The van der Waals surface area contributed by atoms with Crippen LogP contribution in [-0.4, -0.2) is 35.8 Å². The molecule has 1 aliphatic heterocycles. The molecule has 0 saturated carbocycles. The van der Waals surface area contributed by atoms with Crippen LogP contribution in [-0.2, 0) is 11.3 Å². The number of benzene rings is 1. The van der Waals surface area contributed by atoms with Crippen molar-refractivity contribution in [3.8, 4) is 11.8 Å². The van der Waals surface area contributed by atoms with Crippen LogP contribution in [0.4, 0.5) is 5.69 Å². The highest BCUT2D eigenvalue weighted by Gasteiger charge is 2.19. The van der Waals surface area contributed by atoms with Crippen molar-refractivity contribution in [1.29, 1.82) is 5.26 Å². The fourth-order valence-corrected chi connectivity index (χ4v) is 1.88. The molecule has 1 aromatic carbocycles. The van der Waals surface area contributed by atoms with Crippen molar-refractivity contribution in [2.75, 3.05) is 25.4 Å². The highest BCUT2D eigenvalue weighted by atomic mass is 16.5. The minimum Gasteiger partial charge on any atom is -0.506 e. The standard InChI is InChI=1S/C12H15N3O2/c13-6-10-8-15(3-4-17-10)7-9-1-2-12(16)11(14)5-9/h1-2,5,10,16H,3-4,7-8,14H2. The van der Waals surface area contributed by atoms with E-state index in [9.17, 15) is 5.11 Å². The third-order valence-corrected chi connectivity index (χ3v) is 2.79. The summed E-state index contributed by atoms with van der Waals surface area (Å²) in [6.45, 7) is 2.70. The van der Waals surface area contributed by atoms with Gasteiger partial charge in [0.05, 0.1) is 18.4 Å². The van der Waals surface area contributed by atoms with E-state index >= 15 is 0 Å². The molecule has 2 rings (SSSR count). The highest BCUT2D eigenvalue weighted by Crippen LogP contribution is 2.21. The molecule has 0 aromatic heterocycles. The predicted molar refractivity (Wildman–Crippen MR) is 63.1 cm³/mol. The second-order valence-electron chi connectivity index (χ2n) is 4.12. The Morgan fingerprint density at radius 3 is 3.12 bits per heavy atom. The van der Waals surface area contributed by atoms with Crippen molar-refractivity contribution >= 4 is 5.69 Å². The maximum absolute atomic E-state index is 9.33. The smallest absolute Gasteiger partial charge is 0.156 e. The van der Waals surface area contributed by atoms with Gasteiger partial charge in [-0.05, 0) is 17.7 Å². The quantitative estimate of drug-likeness (QED) is 0.580. The van der Waals surface area contributed by atoms with Crippen molar-refractivity contribution in [2.24, 2.45) is 0 Å². The number of nitrogens with zero attached hydrogens (tertiary/aromatic N) is 2. The molecule has 0 spiro atoms. The minimum absolute atomic E-state index is 0.102. The van der Waals surface area contributed by atoms with Crippen LogP contribution in [0.5, 0.6) is 5.75 Å². The summed E-state index contributed by atoms with van der Waals surface area (Å²) in [6, 6.07) is 7.29. The summed E-state index contributed by atoms with van der Waals surface area (Å²) in [5.74, 6) is 0.102. The Balaban J connectivity index is 2.00. The van der Waals surface area contributed by atoms with E-state index in [-0.39, 0.29) is 11.9 Å². The molecule has 0 aliphatic carbocycles. The zero-order valence-electron chi connectivity index (χ0n) is 9.47. The van der Waals surface area contributed by atoms with Gasteiger partial charge in [-0.1, -0.05) is 6.07 Å². The molecule has 1 fully saturated rings. The van der Waals surface area contributed by atoms with Crippen molar-refractivity contribution in [3.05, 3.63) is 23.8 Å². The van der Waals surface area contributed by atoms with Gasteiger partial charge in [-0.15, -0.1) is 0 Å². The Morgan fingerprint density at radius 2 is 2.41 bits per heavy atom. The average molecular weight is 233 g/mol.